The smallest absolute Gasteiger partial charge is 0.410 e. The van der Waals surface area contributed by atoms with E-state index in [1.165, 1.54) is 18.2 Å². The molecule has 10 nitrogen and oxygen atoms in total. The van der Waals surface area contributed by atoms with Crippen molar-refractivity contribution in [2.24, 2.45) is 5.92 Å². The average molecular weight is 623 g/mol. The van der Waals surface area contributed by atoms with Crippen LogP contribution in [0.3, 0.4) is 0 Å². The number of Topliss-reactive ketones (excluding diaryl/α,β-unsaturated/α-hetero) is 1. The second kappa shape index (κ2) is 15.5. The number of ketones is 1. The van der Waals surface area contributed by atoms with Crippen molar-refractivity contribution in [3.63, 3.8) is 0 Å². The summed E-state index contributed by atoms with van der Waals surface area (Å²) < 4.78 is 16.4. The van der Waals surface area contributed by atoms with E-state index in [0.29, 0.717) is 19.6 Å². The number of benzene rings is 2. The highest BCUT2D eigenvalue weighted by Gasteiger charge is 2.31. The summed E-state index contributed by atoms with van der Waals surface area (Å²) in [6.45, 7) is 13.6. The van der Waals surface area contributed by atoms with Crippen molar-refractivity contribution < 1.29 is 28.6 Å². The highest BCUT2D eigenvalue weighted by atomic mass is 16.6. The number of alkyl carbamates (subject to hydrolysis) is 1. The van der Waals surface area contributed by atoms with Crippen LogP contribution in [-0.4, -0.2) is 78.8 Å². The Morgan fingerprint density at radius 2 is 1.76 bits per heavy atom. The molecule has 2 aromatic rings. The van der Waals surface area contributed by atoms with E-state index in [4.69, 9.17) is 9.47 Å². The van der Waals surface area contributed by atoms with Gasteiger partial charge in [0.05, 0.1) is 19.8 Å². The van der Waals surface area contributed by atoms with Gasteiger partial charge >= 0.3 is 12.2 Å². The summed E-state index contributed by atoms with van der Waals surface area (Å²) in [5.74, 6) is 1.05. The molecule has 246 valence electrons. The molecule has 10 heteroatoms. The number of amides is 2. The van der Waals surface area contributed by atoms with Crippen LogP contribution in [0.5, 0.6) is 5.75 Å². The molecule has 1 heterocycles. The van der Waals surface area contributed by atoms with Gasteiger partial charge in [-0.25, -0.2) is 9.59 Å². The first-order valence-corrected chi connectivity index (χ1v) is 16.1. The van der Waals surface area contributed by atoms with E-state index in [0.717, 1.165) is 62.3 Å². The fourth-order valence-electron chi connectivity index (χ4n) is 6.00. The molecular weight excluding hydrogens is 572 g/mol. The van der Waals surface area contributed by atoms with Crippen LogP contribution in [-0.2, 0) is 27.4 Å². The largest absolute Gasteiger partial charge is 0.490 e. The second-order valence-electron chi connectivity index (χ2n) is 13.3. The molecule has 2 aromatic carbocycles. The molecule has 0 unspecified atom stereocenters. The number of rotatable bonds is 10. The molecular formula is C35H50N4O6. The van der Waals surface area contributed by atoms with Gasteiger partial charge in [-0.3, -0.25) is 9.69 Å². The first-order valence-electron chi connectivity index (χ1n) is 16.1. The molecule has 45 heavy (non-hydrogen) atoms. The quantitative estimate of drug-likeness (QED) is 0.337. The first-order chi connectivity index (χ1) is 21.4. The van der Waals surface area contributed by atoms with Gasteiger partial charge in [0.15, 0.2) is 5.78 Å². The molecule has 0 radical (unpaired) electrons. The van der Waals surface area contributed by atoms with Gasteiger partial charge in [-0.15, -0.1) is 0 Å². The molecule has 1 saturated carbocycles. The van der Waals surface area contributed by atoms with Crippen molar-refractivity contribution in [2.45, 2.75) is 91.1 Å². The van der Waals surface area contributed by atoms with E-state index in [2.05, 4.69) is 52.3 Å². The third-order valence-corrected chi connectivity index (χ3v) is 8.50. The Hall–Kier alpha value is -3.79. The van der Waals surface area contributed by atoms with Crippen LogP contribution in [0.25, 0.3) is 0 Å². The molecule has 2 N–H and O–H groups in total. The summed E-state index contributed by atoms with van der Waals surface area (Å²) in [5, 5.41) is 6.03. The molecule has 1 saturated heterocycles. The monoisotopic (exact) mass is 622 g/mol. The Morgan fingerprint density at radius 3 is 2.42 bits per heavy atom. The van der Waals surface area contributed by atoms with Crippen molar-refractivity contribution >= 4 is 23.7 Å². The molecule has 2 amide bonds. The molecule has 1 atom stereocenters. The van der Waals surface area contributed by atoms with Crippen molar-refractivity contribution in [1.82, 2.24) is 15.1 Å². The number of aryl methyl sites for hydroxylation is 1. The van der Waals surface area contributed by atoms with Gasteiger partial charge in [-0.05, 0) is 101 Å². The molecule has 4 rings (SSSR count). The van der Waals surface area contributed by atoms with Gasteiger partial charge in [0, 0.05) is 50.4 Å². The Kier molecular flexibility index (Phi) is 11.7. The molecule has 1 aliphatic carbocycles. The van der Waals surface area contributed by atoms with Crippen LogP contribution in [0, 0.1) is 12.8 Å². The van der Waals surface area contributed by atoms with Gasteiger partial charge < -0.3 is 29.7 Å². The summed E-state index contributed by atoms with van der Waals surface area (Å²) in [4.78, 5) is 41.1. The molecule has 2 aliphatic rings. The van der Waals surface area contributed by atoms with Gasteiger partial charge in [0.2, 0.25) is 0 Å². The van der Waals surface area contributed by atoms with Gasteiger partial charge in [-0.1, -0.05) is 18.2 Å². The summed E-state index contributed by atoms with van der Waals surface area (Å²) >= 11 is 0. The van der Waals surface area contributed by atoms with E-state index in [9.17, 15) is 14.4 Å². The van der Waals surface area contributed by atoms with Crippen molar-refractivity contribution in [2.75, 3.05) is 38.6 Å². The number of carbonyl (C=O) groups excluding carboxylic acids is 3. The highest BCUT2D eigenvalue weighted by molar-refractivity contribution is 5.85. The Labute approximate surface area is 267 Å². The van der Waals surface area contributed by atoms with Crippen molar-refractivity contribution in [1.29, 1.82) is 0 Å². The lowest BCUT2D eigenvalue weighted by molar-refractivity contribution is -0.122. The first kappa shape index (κ1) is 34.1. The summed E-state index contributed by atoms with van der Waals surface area (Å²) in [6.07, 6.45) is 2.65. The lowest BCUT2D eigenvalue weighted by Gasteiger charge is -2.40. The molecule has 0 aromatic heterocycles. The predicted molar refractivity (Wildman–Crippen MR) is 174 cm³/mol. The zero-order chi connectivity index (χ0) is 32.6. The van der Waals surface area contributed by atoms with Gasteiger partial charge in [0.1, 0.15) is 11.4 Å². The second-order valence-corrected chi connectivity index (χ2v) is 13.3. The minimum absolute atomic E-state index is 0.0367. The Balaban J connectivity index is 1.18. The lowest BCUT2D eigenvalue weighted by Crippen LogP contribution is -2.54. The maximum absolute atomic E-state index is 13.0. The Bertz CT molecular complexity index is 1320. The van der Waals surface area contributed by atoms with Crippen molar-refractivity contribution in [3.05, 3.63) is 59.2 Å². The van der Waals surface area contributed by atoms with Gasteiger partial charge in [0.25, 0.3) is 0 Å². The molecule has 0 spiro atoms. The van der Waals surface area contributed by atoms with Crippen LogP contribution >= 0.6 is 0 Å². The number of nitrogens with one attached hydrogen (secondary N) is 2. The third-order valence-electron chi connectivity index (χ3n) is 8.50. The zero-order valence-electron chi connectivity index (χ0n) is 27.7. The average Bonchev–Trinajstić information content (AvgIpc) is 2.99. The topological polar surface area (TPSA) is 109 Å². The standard InChI is InChI=1S/C35H50N4O6/c1-24-18-29(13-10-28(24)23-38-16-17-39(25(2)22-38)34(42)45-35(3,4)5)36-21-32(40)27-11-14-30(15-12-27)44-31-9-7-8-26(19-31)20-37-33(41)43-6/h7-10,13,18-19,25,27,30,36H,11-12,14-17,20-23H2,1-6H3,(H,37,41)/t25-,27?,30?/m0/s1. The van der Waals surface area contributed by atoms with E-state index >= 15 is 0 Å². The summed E-state index contributed by atoms with van der Waals surface area (Å²) in [5.41, 5.74) is 3.81. The SMILES string of the molecule is COC(=O)NCc1cccc(OC2CCC(C(=O)CNc3ccc(CN4CCN(C(=O)OC(C)(C)C)[C@@H](C)C4)c(C)c3)CC2)c1. The van der Waals surface area contributed by atoms with Crippen LogP contribution in [0.1, 0.15) is 70.1 Å². The van der Waals surface area contributed by atoms with E-state index in [-0.39, 0.29) is 29.9 Å². The maximum atomic E-state index is 13.0. The minimum Gasteiger partial charge on any atom is -0.490 e. The molecule has 2 fully saturated rings. The number of hydrogen-bond acceptors (Lipinski definition) is 8. The molecule has 0 bridgehead atoms. The predicted octanol–water partition coefficient (Wildman–Crippen LogP) is 5.91. The summed E-state index contributed by atoms with van der Waals surface area (Å²) in [7, 11) is 1.34. The molecule has 1 aliphatic heterocycles. The Morgan fingerprint density at radius 1 is 1.00 bits per heavy atom. The van der Waals surface area contributed by atoms with Crippen molar-refractivity contribution in [3.8, 4) is 5.75 Å². The number of hydrogen-bond donors (Lipinski definition) is 2. The van der Waals surface area contributed by atoms with Crippen LogP contribution in [0.15, 0.2) is 42.5 Å². The van der Waals surface area contributed by atoms with E-state index < -0.39 is 11.7 Å². The lowest BCUT2D eigenvalue weighted by atomic mass is 9.84. The minimum atomic E-state index is -0.498. The normalized spacial score (nSPS) is 20.7. The van der Waals surface area contributed by atoms with E-state index in [1.807, 2.05) is 49.9 Å². The summed E-state index contributed by atoms with van der Waals surface area (Å²) in [6, 6.07) is 14.1. The number of piperazine rings is 1. The number of methoxy groups -OCH3 is 1. The number of anilines is 1. The number of carbonyl (C=O) groups is 3. The third kappa shape index (κ3) is 10.4. The maximum Gasteiger partial charge on any atom is 0.410 e. The van der Waals surface area contributed by atoms with Crippen LogP contribution in [0.2, 0.25) is 0 Å². The fraction of sp³-hybridized carbons (Fsp3) is 0.571. The van der Waals surface area contributed by atoms with Crippen LogP contribution < -0.4 is 15.4 Å². The number of ether oxygens (including phenoxy) is 3. The zero-order valence-corrected chi connectivity index (χ0v) is 27.7. The van der Waals surface area contributed by atoms with E-state index in [1.54, 1.807) is 0 Å². The van der Waals surface area contributed by atoms with Gasteiger partial charge in [-0.2, -0.15) is 0 Å². The van der Waals surface area contributed by atoms with Crippen LogP contribution in [0.4, 0.5) is 15.3 Å². The fourth-order valence-corrected chi connectivity index (χ4v) is 6.00. The number of nitrogens with zero attached hydrogens (tertiary/aromatic N) is 2. The highest BCUT2D eigenvalue weighted by Crippen LogP contribution is 2.29.